The summed E-state index contributed by atoms with van der Waals surface area (Å²) in [7, 11) is 0. The van der Waals surface area contributed by atoms with Gasteiger partial charge >= 0.3 is 0 Å². The number of furan rings is 6. The normalized spacial score (nSPS) is 10.7. The predicted molar refractivity (Wildman–Crippen MR) is 604 cm³/mol. The van der Waals surface area contributed by atoms with Crippen molar-refractivity contribution >= 4 is 195 Å². The fraction of sp³-hybridized carbons (Fsp3) is 0.0909. The molecule has 0 aliphatic heterocycles. The molecule has 0 spiro atoms. The Morgan fingerprint density at radius 3 is 0.836 bits per heavy atom. The molecule has 8 heterocycles. The SMILES string of the molecule is Cc1ccc2c(c1)oc1ccccc12.Cc1ccc2c(c1)sc1ccccc12.Cc1ccc2oc3ccccc3c2c1.Cc1ccc2oc3ccccc3c2c1.Cc1cccc2c1oc1ccccc12.Cc1cccc2c1sc1ccccc12.Cc1cccc2oc3ccccc3c12.Cc1cccc2oc3ccccc3c12.Cc1ccccc1.Cc1ccccc1.Cc1ccccc1.Cc1ccccc1. The molecular formula is C132H112O6S2. The lowest BCUT2D eigenvalue weighted by Crippen LogP contribution is -1.72. The summed E-state index contributed by atoms with van der Waals surface area (Å²) in [6, 6.07) is 158. The second-order valence-corrected chi connectivity index (χ2v) is 37.3. The average molecular weight is 1860 g/mol. The number of aryl methyl sites for hydroxylation is 12. The van der Waals surface area contributed by atoms with Gasteiger partial charge < -0.3 is 26.5 Å². The molecule has 0 unspecified atom stereocenters. The lowest BCUT2D eigenvalue weighted by atomic mass is 10.1. The van der Waals surface area contributed by atoms with E-state index in [2.05, 4.69) is 326 Å². The van der Waals surface area contributed by atoms with Gasteiger partial charge in [-0.15, -0.1) is 22.7 Å². The summed E-state index contributed by atoms with van der Waals surface area (Å²) >= 11 is 3.76. The van der Waals surface area contributed by atoms with E-state index in [1.165, 1.54) is 172 Å². The Morgan fingerprint density at radius 2 is 0.400 bits per heavy atom. The molecule has 0 fully saturated rings. The van der Waals surface area contributed by atoms with Crippen molar-refractivity contribution in [3.05, 3.63) is 528 Å². The van der Waals surface area contributed by atoms with E-state index in [1.54, 1.807) is 0 Å². The molecule has 28 rings (SSSR count). The number of benzene rings is 20. The standard InChI is InChI=1S/6C13H10O.2C13H10S.4C7H8/c1-9-5-4-7-11-10-6-2-3-8-12(10)14-13(9)11;2*1-9-5-4-8-12-13(9)10-6-2-3-7-11(10)14-12;2*1-9-6-7-13-11(8-9)10-4-2-3-5-12(10)14-13;1-9-6-7-11-10-4-2-3-5-12(10)14-13(11)8-9;1-9-5-4-7-11-10-6-2-3-8-12(10)14-13(9)11;1-9-6-7-11-10-4-2-3-5-12(10)14-13(11)8-9;4*1-7-5-3-2-4-6-7/h8*2-8H,1H3;4*2-6H,1H3. The van der Waals surface area contributed by atoms with Crippen molar-refractivity contribution in [2.75, 3.05) is 0 Å². The third-order valence-electron chi connectivity index (χ3n) is 24.3. The minimum absolute atomic E-state index is 0.966. The molecule has 0 saturated heterocycles. The van der Waals surface area contributed by atoms with E-state index in [1.807, 2.05) is 241 Å². The van der Waals surface area contributed by atoms with Crippen LogP contribution < -0.4 is 0 Å². The maximum Gasteiger partial charge on any atom is 0.138 e. The van der Waals surface area contributed by atoms with Crippen LogP contribution in [0.5, 0.6) is 0 Å². The van der Waals surface area contributed by atoms with Crippen LogP contribution in [0.4, 0.5) is 0 Å². The number of para-hydroxylation sites is 7. The Bertz CT molecular complexity index is 8320. The Balaban J connectivity index is 0.000000106. The molecule has 0 bridgehead atoms. The number of hydrogen-bond acceptors (Lipinski definition) is 8. The van der Waals surface area contributed by atoms with Gasteiger partial charge in [0.25, 0.3) is 0 Å². The van der Waals surface area contributed by atoms with Crippen LogP contribution in [0.15, 0.2) is 488 Å². The van der Waals surface area contributed by atoms with E-state index >= 15 is 0 Å². The molecule has 140 heavy (non-hydrogen) atoms. The number of fused-ring (bicyclic) bond motifs is 24. The third-order valence-corrected chi connectivity index (χ3v) is 26.8. The summed E-state index contributed by atoms with van der Waals surface area (Å²) in [5, 5.41) is 20.1. The van der Waals surface area contributed by atoms with E-state index in [4.69, 9.17) is 26.5 Å². The highest BCUT2D eigenvalue weighted by molar-refractivity contribution is 7.26. The van der Waals surface area contributed by atoms with Gasteiger partial charge in [0.15, 0.2) is 0 Å². The Morgan fingerprint density at radius 1 is 0.136 bits per heavy atom. The largest absolute Gasteiger partial charge is 0.456 e. The van der Waals surface area contributed by atoms with Gasteiger partial charge in [-0.2, -0.15) is 0 Å². The molecule has 28 aromatic rings. The van der Waals surface area contributed by atoms with Crippen molar-refractivity contribution in [2.24, 2.45) is 0 Å². The van der Waals surface area contributed by atoms with E-state index in [0.717, 1.165) is 67.0 Å². The van der Waals surface area contributed by atoms with Gasteiger partial charge in [-0.05, 0) is 214 Å². The van der Waals surface area contributed by atoms with E-state index in [9.17, 15) is 0 Å². The molecule has 0 atom stereocenters. The molecule has 20 aromatic carbocycles. The first-order valence-electron chi connectivity index (χ1n) is 47.5. The molecule has 0 aliphatic rings. The minimum atomic E-state index is 0.966. The highest BCUT2D eigenvalue weighted by Gasteiger charge is 2.14. The molecule has 0 radical (unpaired) electrons. The first-order valence-corrected chi connectivity index (χ1v) is 49.1. The van der Waals surface area contributed by atoms with E-state index in [0.29, 0.717) is 0 Å². The quantitative estimate of drug-likeness (QED) is 0.151. The van der Waals surface area contributed by atoms with Gasteiger partial charge in [0.05, 0.1) is 0 Å². The van der Waals surface area contributed by atoms with Crippen LogP contribution in [-0.4, -0.2) is 0 Å². The molecule has 688 valence electrons. The zero-order valence-electron chi connectivity index (χ0n) is 81.1. The van der Waals surface area contributed by atoms with Crippen molar-refractivity contribution in [1.82, 2.24) is 0 Å². The van der Waals surface area contributed by atoms with Crippen molar-refractivity contribution in [2.45, 2.75) is 83.1 Å². The smallest absolute Gasteiger partial charge is 0.138 e. The number of thiophene rings is 2. The summed E-state index contributed by atoms with van der Waals surface area (Å²) in [6.07, 6.45) is 0. The van der Waals surface area contributed by atoms with Crippen LogP contribution in [0.2, 0.25) is 0 Å². The van der Waals surface area contributed by atoms with E-state index < -0.39 is 0 Å². The van der Waals surface area contributed by atoms with Crippen LogP contribution >= 0.6 is 22.7 Å². The second-order valence-electron chi connectivity index (χ2n) is 35.2. The van der Waals surface area contributed by atoms with Gasteiger partial charge in [-0.3, -0.25) is 0 Å². The van der Waals surface area contributed by atoms with Crippen LogP contribution in [0.1, 0.15) is 66.8 Å². The maximum atomic E-state index is 5.78. The fourth-order valence-electron chi connectivity index (χ4n) is 17.2. The topological polar surface area (TPSA) is 78.8 Å². The predicted octanol–water partition coefficient (Wildman–Crippen LogP) is 40.1. The average Bonchev–Trinajstić information content (AvgIpc) is 1.63. The van der Waals surface area contributed by atoms with Crippen LogP contribution in [-0.2, 0) is 0 Å². The summed E-state index contributed by atoms with van der Waals surface area (Å²) < 4.78 is 40.0. The van der Waals surface area contributed by atoms with Gasteiger partial charge in [0, 0.05) is 105 Å². The minimum Gasteiger partial charge on any atom is -0.456 e. The summed E-state index contributed by atoms with van der Waals surface area (Å²) in [6.45, 7) is 25.2. The molecule has 0 saturated carbocycles. The van der Waals surface area contributed by atoms with Gasteiger partial charge in [0.1, 0.15) is 67.0 Å². The zero-order chi connectivity index (χ0) is 96.8. The Labute approximate surface area is 825 Å². The molecule has 0 amide bonds. The molecule has 0 N–H and O–H groups in total. The highest BCUT2D eigenvalue weighted by atomic mass is 32.1. The molecule has 8 aromatic heterocycles. The first kappa shape index (κ1) is 95.4. The van der Waals surface area contributed by atoms with Gasteiger partial charge in [-0.1, -0.05) is 397 Å². The summed E-state index contributed by atoms with van der Waals surface area (Å²) in [4.78, 5) is 0. The Kier molecular flexibility index (Phi) is 31.0. The molecular weight excluding hydrogens is 1750 g/mol. The third kappa shape index (κ3) is 23.3. The summed E-state index contributed by atoms with van der Waals surface area (Å²) in [5.41, 5.74) is 27.2. The summed E-state index contributed by atoms with van der Waals surface area (Å²) in [5.74, 6) is 0. The molecule has 0 aliphatic carbocycles. The number of hydrogen-bond donors (Lipinski definition) is 0. The fourth-order valence-corrected chi connectivity index (χ4v) is 19.5. The maximum absolute atomic E-state index is 5.78. The lowest BCUT2D eigenvalue weighted by Gasteiger charge is -1.93. The molecule has 6 nitrogen and oxygen atoms in total. The lowest BCUT2D eigenvalue weighted by molar-refractivity contribution is 0.665. The zero-order valence-corrected chi connectivity index (χ0v) is 82.8. The monoisotopic (exact) mass is 1860 g/mol. The van der Waals surface area contributed by atoms with Crippen molar-refractivity contribution in [3.63, 3.8) is 0 Å². The highest BCUT2D eigenvalue weighted by Crippen LogP contribution is 2.40. The van der Waals surface area contributed by atoms with Crippen molar-refractivity contribution < 1.29 is 26.5 Å². The van der Waals surface area contributed by atoms with Crippen LogP contribution in [0.3, 0.4) is 0 Å². The second kappa shape index (κ2) is 45.5. The van der Waals surface area contributed by atoms with Crippen molar-refractivity contribution in [1.29, 1.82) is 0 Å². The van der Waals surface area contributed by atoms with Crippen LogP contribution in [0, 0.1) is 83.1 Å². The van der Waals surface area contributed by atoms with E-state index in [-0.39, 0.29) is 0 Å². The van der Waals surface area contributed by atoms with Gasteiger partial charge in [0.2, 0.25) is 0 Å². The van der Waals surface area contributed by atoms with Crippen molar-refractivity contribution in [3.8, 4) is 0 Å². The molecule has 8 heteroatoms. The first-order chi connectivity index (χ1) is 68.4. The Hall–Kier alpha value is -16.4. The number of rotatable bonds is 0. The van der Waals surface area contributed by atoms with Crippen LogP contribution in [0.25, 0.3) is 172 Å². The van der Waals surface area contributed by atoms with Gasteiger partial charge in [-0.25, -0.2) is 0 Å².